The van der Waals surface area contributed by atoms with E-state index in [1.165, 1.54) is 11.3 Å². The van der Waals surface area contributed by atoms with Gasteiger partial charge in [0.2, 0.25) is 0 Å². The van der Waals surface area contributed by atoms with Crippen molar-refractivity contribution in [2.24, 2.45) is 5.73 Å². The fourth-order valence-corrected chi connectivity index (χ4v) is 0.581. The molecule has 1 heterocycles. The summed E-state index contributed by atoms with van der Waals surface area (Å²) in [5.41, 5.74) is 7.91. The first-order valence-corrected chi connectivity index (χ1v) is 2.41. The highest BCUT2D eigenvalue weighted by Crippen LogP contribution is 2.13. The Morgan fingerprint density at radius 2 is 2.14 bits per heavy atom. The van der Waals surface area contributed by atoms with Gasteiger partial charge >= 0.3 is 0 Å². The van der Waals surface area contributed by atoms with E-state index in [0.717, 1.165) is 0 Å². The molecule has 0 saturated carbocycles. The number of allylic oxidation sites excluding steroid dienone is 1. The zero-order chi connectivity index (χ0) is 5.44. The van der Waals surface area contributed by atoms with Gasteiger partial charge in [-0.15, -0.1) is 0 Å². The van der Waals surface area contributed by atoms with E-state index in [-0.39, 0.29) is 6.17 Å². The number of nitrogens with one attached hydrogen (secondary N) is 1. The SMILES string of the molecule is CC(C)=C1NC1N. The van der Waals surface area contributed by atoms with Crippen LogP contribution in [0.2, 0.25) is 0 Å². The van der Waals surface area contributed by atoms with Crippen molar-refractivity contribution in [2.75, 3.05) is 0 Å². The van der Waals surface area contributed by atoms with Crippen LogP contribution in [0.5, 0.6) is 0 Å². The summed E-state index contributed by atoms with van der Waals surface area (Å²) in [7, 11) is 0. The topological polar surface area (TPSA) is 48.0 Å². The predicted molar refractivity (Wildman–Crippen MR) is 29.5 cm³/mol. The Balaban J connectivity index is 2.60. The zero-order valence-corrected chi connectivity index (χ0v) is 4.65. The Labute approximate surface area is 43.4 Å². The van der Waals surface area contributed by atoms with Crippen LogP contribution in [0.25, 0.3) is 0 Å². The highest BCUT2D eigenvalue weighted by atomic mass is 15.2. The first-order chi connectivity index (χ1) is 3.22. The molecule has 40 valence electrons. The van der Waals surface area contributed by atoms with Crippen LogP contribution in [-0.4, -0.2) is 6.17 Å². The molecule has 0 spiro atoms. The van der Waals surface area contributed by atoms with Crippen LogP contribution in [0.4, 0.5) is 0 Å². The smallest absolute Gasteiger partial charge is 0.115 e. The summed E-state index contributed by atoms with van der Waals surface area (Å²) in [6.07, 6.45) is 0.171. The predicted octanol–water partition coefficient (Wildman–Crippen LogP) is 0.168. The number of nitrogens with two attached hydrogens (primary N) is 1. The minimum atomic E-state index is 0.171. The average Bonchev–Trinajstić information content (AvgIpc) is 2.17. The van der Waals surface area contributed by atoms with Crippen molar-refractivity contribution < 1.29 is 0 Å². The van der Waals surface area contributed by atoms with E-state index in [1.54, 1.807) is 0 Å². The summed E-state index contributed by atoms with van der Waals surface area (Å²) < 4.78 is 0. The quantitative estimate of drug-likeness (QED) is 0.424. The highest BCUT2D eigenvalue weighted by molar-refractivity contribution is 5.26. The van der Waals surface area contributed by atoms with Gasteiger partial charge < -0.3 is 11.1 Å². The molecule has 1 fully saturated rings. The van der Waals surface area contributed by atoms with Crippen LogP contribution >= 0.6 is 0 Å². The van der Waals surface area contributed by atoms with E-state index in [0.29, 0.717) is 0 Å². The first kappa shape index (κ1) is 4.65. The summed E-state index contributed by atoms with van der Waals surface area (Å²) in [6, 6.07) is 0. The maximum Gasteiger partial charge on any atom is 0.115 e. The second-order valence-corrected chi connectivity index (χ2v) is 2.04. The molecule has 0 aromatic carbocycles. The van der Waals surface area contributed by atoms with Crippen molar-refractivity contribution in [3.63, 3.8) is 0 Å². The molecule has 3 N–H and O–H groups in total. The lowest BCUT2D eigenvalue weighted by Gasteiger charge is -1.76. The van der Waals surface area contributed by atoms with Crippen LogP contribution in [-0.2, 0) is 0 Å². The Kier molecular flexibility index (Phi) is 0.820. The minimum absolute atomic E-state index is 0.171. The Morgan fingerprint density at radius 1 is 1.71 bits per heavy atom. The van der Waals surface area contributed by atoms with Crippen molar-refractivity contribution in [1.29, 1.82) is 0 Å². The van der Waals surface area contributed by atoms with Crippen LogP contribution in [0.15, 0.2) is 11.3 Å². The number of hydrogen-bond donors (Lipinski definition) is 2. The summed E-state index contributed by atoms with van der Waals surface area (Å²) in [5.74, 6) is 0. The van der Waals surface area contributed by atoms with E-state index in [2.05, 4.69) is 19.2 Å². The Morgan fingerprint density at radius 3 is 2.14 bits per heavy atom. The molecule has 1 atom stereocenters. The molecule has 0 bridgehead atoms. The van der Waals surface area contributed by atoms with Crippen molar-refractivity contribution in [1.82, 2.24) is 5.32 Å². The summed E-state index contributed by atoms with van der Waals surface area (Å²) in [5, 5.41) is 2.99. The summed E-state index contributed by atoms with van der Waals surface area (Å²) in [4.78, 5) is 0. The largest absolute Gasteiger partial charge is 0.366 e. The van der Waals surface area contributed by atoms with Crippen LogP contribution in [0.1, 0.15) is 13.8 Å². The third-order valence-electron chi connectivity index (χ3n) is 1.08. The van der Waals surface area contributed by atoms with Crippen molar-refractivity contribution >= 4 is 0 Å². The lowest BCUT2D eigenvalue weighted by molar-refractivity contribution is 1.03. The van der Waals surface area contributed by atoms with Gasteiger partial charge in [-0.1, -0.05) is 5.57 Å². The van der Waals surface area contributed by atoms with Gasteiger partial charge in [0.15, 0.2) is 0 Å². The fourth-order valence-electron chi connectivity index (χ4n) is 0.581. The van der Waals surface area contributed by atoms with Gasteiger partial charge in [0.25, 0.3) is 0 Å². The van der Waals surface area contributed by atoms with E-state index in [9.17, 15) is 0 Å². The molecular weight excluding hydrogens is 88.1 g/mol. The van der Waals surface area contributed by atoms with E-state index >= 15 is 0 Å². The monoisotopic (exact) mass is 98.1 g/mol. The van der Waals surface area contributed by atoms with Gasteiger partial charge in [0.1, 0.15) is 6.17 Å². The Hall–Kier alpha value is -0.500. The molecule has 2 nitrogen and oxygen atoms in total. The molecule has 2 heteroatoms. The molecular formula is C5H10N2. The average molecular weight is 98.1 g/mol. The number of rotatable bonds is 0. The zero-order valence-electron chi connectivity index (χ0n) is 4.65. The fraction of sp³-hybridized carbons (Fsp3) is 0.600. The van der Waals surface area contributed by atoms with E-state index in [4.69, 9.17) is 5.73 Å². The molecule has 0 aromatic rings. The van der Waals surface area contributed by atoms with E-state index in [1.807, 2.05) is 0 Å². The van der Waals surface area contributed by atoms with Gasteiger partial charge in [0, 0.05) is 5.70 Å². The molecule has 1 saturated heterocycles. The van der Waals surface area contributed by atoms with Crippen molar-refractivity contribution in [3.8, 4) is 0 Å². The summed E-state index contributed by atoms with van der Waals surface area (Å²) >= 11 is 0. The third kappa shape index (κ3) is 0.747. The molecule has 0 aromatic heterocycles. The van der Waals surface area contributed by atoms with Gasteiger partial charge in [-0.05, 0) is 13.8 Å². The van der Waals surface area contributed by atoms with Gasteiger partial charge in [-0.2, -0.15) is 0 Å². The van der Waals surface area contributed by atoms with Crippen molar-refractivity contribution in [3.05, 3.63) is 11.3 Å². The molecule has 1 aliphatic heterocycles. The third-order valence-corrected chi connectivity index (χ3v) is 1.08. The van der Waals surface area contributed by atoms with Gasteiger partial charge in [-0.25, -0.2) is 0 Å². The standard InChI is InChI=1S/C5H10N2/c1-3(2)4-5(6)7-4/h5,7H,6H2,1-2H3. The molecule has 7 heavy (non-hydrogen) atoms. The molecule has 1 unspecified atom stereocenters. The molecule has 1 aliphatic rings. The van der Waals surface area contributed by atoms with E-state index < -0.39 is 0 Å². The first-order valence-electron chi connectivity index (χ1n) is 2.41. The van der Waals surface area contributed by atoms with Crippen LogP contribution in [0, 0.1) is 0 Å². The minimum Gasteiger partial charge on any atom is -0.366 e. The van der Waals surface area contributed by atoms with Gasteiger partial charge in [-0.3, -0.25) is 0 Å². The van der Waals surface area contributed by atoms with Crippen LogP contribution in [0.3, 0.4) is 0 Å². The second kappa shape index (κ2) is 1.23. The normalized spacial score (nSPS) is 26.7. The number of hydrogen-bond acceptors (Lipinski definition) is 2. The van der Waals surface area contributed by atoms with Gasteiger partial charge in [0.05, 0.1) is 0 Å². The Bertz CT molecular complexity index is 111. The molecule has 0 amide bonds. The van der Waals surface area contributed by atoms with Crippen LogP contribution < -0.4 is 11.1 Å². The maximum atomic E-state index is 5.40. The maximum absolute atomic E-state index is 5.40. The lowest BCUT2D eigenvalue weighted by atomic mass is 10.3. The molecule has 0 radical (unpaired) electrons. The highest BCUT2D eigenvalue weighted by Gasteiger charge is 2.23. The summed E-state index contributed by atoms with van der Waals surface area (Å²) in [6.45, 7) is 4.10. The molecule has 1 rings (SSSR count). The lowest BCUT2D eigenvalue weighted by Crippen LogP contribution is -2.02. The molecule has 0 aliphatic carbocycles. The van der Waals surface area contributed by atoms with Crippen molar-refractivity contribution in [2.45, 2.75) is 20.0 Å². The second-order valence-electron chi connectivity index (χ2n) is 2.04.